The second-order valence-corrected chi connectivity index (χ2v) is 3.83. The molecular weight excluding hydrogens is 162 g/mol. The first kappa shape index (κ1) is 8.85. The first-order chi connectivity index (χ1) is 5.18. The lowest BCUT2D eigenvalue weighted by molar-refractivity contribution is -0.119. The summed E-state index contributed by atoms with van der Waals surface area (Å²) in [4.78, 5) is 10.5. The highest BCUT2D eigenvalue weighted by molar-refractivity contribution is 6.20. The summed E-state index contributed by atoms with van der Waals surface area (Å²) >= 11 is 5.91. The van der Waals surface area contributed by atoms with Crippen LogP contribution in [0.25, 0.3) is 0 Å². The Balaban J connectivity index is 2.13. The smallest absolute Gasteiger partial charge is 0.216 e. The Kier molecular flexibility index (Phi) is 3.18. The molecule has 0 aliphatic heterocycles. The van der Waals surface area contributed by atoms with Gasteiger partial charge in [-0.05, 0) is 25.2 Å². The lowest BCUT2D eigenvalue weighted by Crippen LogP contribution is -2.25. The van der Waals surface area contributed by atoms with E-state index >= 15 is 0 Å². The first-order valence-corrected chi connectivity index (χ1v) is 4.50. The number of alkyl halides is 1. The average Bonchev–Trinajstić information content (AvgIpc) is 2.31. The maximum absolute atomic E-state index is 10.5. The standard InChI is InChI=1S/C8H14ClNO/c1-6(11)10-5-7-2-3-8(9)4-7/h7-8H,2-5H2,1H3,(H,10,11). The SMILES string of the molecule is CC(=O)NCC1CCC(Cl)C1. The van der Waals surface area contributed by atoms with Crippen molar-refractivity contribution in [2.24, 2.45) is 5.92 Å². The van der Waals surface area contributed by atoms with Crippen LogP contribution in [0.3, 0.4) is 0 Å². The minimum atomic E-state index is 0.0584. The molecule has 3 heteroatoms. The third kappa shape index (κ3) is 3.10. The molecule has 2 nitrogen and oxygen atoms in total. The Labute approximate surface area is 72.3 Å². The minimum Gasteiger partial charge on any atom is -0.356 e. The summed E-state index contributed by atoms with van der Waals surface area (Å²) < 4.78 is 0. The number of carbonyl (C=O) groups is 1. The second kappa shape index (κ2) is 3.96. The van der Waals surface area contributed by atoms with Gasteiger partial charge in [-0.3, -0.25) is 4.79 Å². The molecule has 0 radical (unpaired) electrons. The minimum absolute atomic E-state index is 0.0584. The molecule has 0 saturated heterocycles. The summed E-state index contributed by atoms with van der Waals surface area (Å²) in [6.45, 7) is 2.35. The number of carbonyl (C=O) groups excluding carboxylic acids is 1. The second-order valence-electron chi connectivity index (χ2n) is 3.21. The fraction of sp³-hybridized carbons (Fsp3) is 0.875. The third-order valence-corrected chi connectivity index (χ3v) is 2.51. The van der Waals surface area contributed by atoms with Crippen molar-refractivity contribution in [3.8, 4) is 0 Å². The number of rotatable bonds is 2. The highest BCUT2D eigenvalue weighted by Crippen LogP contribution is 2.28. The average molecular weight is 176 g/mol. The van der Waals surface area contributed by atoms with Gasteiger partial charge in [0.15, 0.2) is 0 Å². The van der Waals surface area contributed by atoms with E-state index < -0.39 is 0 Å². The summed E-state index contributed by atoms with van der Waals surface area (Å²) in [5, 5.41) is 3.15. The number of amides is 1. The van der Waals surface area contributed by atoms with Gasteiger partial charge in [0.2, 0.25) is 5.91 Å². The van der Waals surface area contributed by atoms with E-state index in [1.165, 1.54) is 0 Å². The summed E-state index contributed by atoms with van der Waals surface area (Å²) in [7, 11) is 0. The molecule has 2 unspecified atom stereocenters. The van der Waals surface area contributed by atoms with E-state index in [9.17, 15) is 4.79 Å². The fourth-order valence-electron chi connectivity index (χ4n) is 1.49. The van der Waals surface area contributed by atoms with E-state index in [1.807, 2.05) is 0 Å². The molecule has 0 spiro atoms. The number of nitrogens with one attached hydrogen (secondary N) is 1. The van der Waals surface area contributed by atoms with Gasteiger partial charge in [0.1, 0.15) is 0 Å². The predicted octanol–water partition coefficient (Wildman–Crippen LogP) is 1.53. The van der Waals surface area contributed by atoms with Gasteiger partial charge in [0.05, 0.1) is 0 Å². The molecule has 64 valence electrons. The molecular formula is C8H14ClNO. The van der Waals surface area contributed by atoms with E-state index in [0.29, 0.717) is 11.3 Å². The maximum atomic E-state index is 10.5. The van der Waals surface area contributed by atoms with E-state index in [4.69, 9.17) is 11.6 Å². The van der Waals surface area contributed by atoms with Crippen LogP contribution in [0.5, 0.6) is 0 Å². The monoisotopic (exact) mass is 175 g/mol. The van der Waals surface area contributed by atoms with Crippen molar-refractivity contribution in [3.05, 3.63) is 0 Å². The zero-order valence-corrected chi connectivity index (χ0v) is 7.53. The van der Waals surface area contributed by atoms with Gasteiger partial charge in [0, 0.05) is 18.8 Å². The van der Waals surface area contributed by atoms with Crippen molar-refractivity contribution in [1.29, 1.82) is 0 Å². The highest BCUT2D eigenvalue weighted by Gasteiger charge is 2.22. The molecule has 11 heavy (non-hydrogen) atoms. The topological polar surface area (TPSA) is 29.1 Å². The normalized spacial score (nSPS) is 30.4. The van der Waals surface area contributed by atoms with Crippen LogP contribution in [-0.2, 0) is 4.79 Å². The molecule has 0 heterocycles. The Hall–Kier alpha value is -0.240. The van der Waals surface area contributed by atoms with Crippen LogP contribution >= 0.6 is 11.6 Å². The van der Waals surface area contributed by atoms with Gasteiger partial charge in [-0.2, -0.15) is 0 Å². The molecule has 0 aromatic rings. The van der Waals surface area contributed by atoms with E-state index in [0.717, 1.165) is 25.8 Å². The largest absolute Gasteiger partial charge is 0.356 e. The molecule has 0 bridgehead atoms. The molecule has 1 saturated carbocycles. The van der Waals surface area contributed by atoms with Crippen molar-refractivity contribution in [1.82, 2.24) is 5.32 Å². The molecule has 0 aromatic heterocycles. The lowest BCUT2D eigenvalue weighted by atomic mass is 10.1. The summed E-state index contributed by atoms with van der Waals surface area (Å²) in [6.07, 6.45) is 3.32. The number of hydrogen-bond acceptors (Lipinski definition) is 1. The summed E-state index contributed by atoms with van der Waals surface area (Å²) in [5.41, 5.74) is 0. The van der Waals surface area contributed by atoms with Crippen LogP contribution in [0, 0.1) is 5.92 Å². The van der Waals surface area contributed by atoms with Crippen LogP contribution < -0.4 is 5.32 Å². The first-order valence-electron chi connectivity index (χ1n) is 4.07. The third-order valence-electron chi connectivity index (χ3n) is 2.12. The molecule has 1 aliphatic rings. The van der Waals surface area contributed by atoms with Gasteiger partial charge in [-0.1, -0.05) is 0 Å². The van der Waals surface area contributed by atoms with Crippen molar-refractivity contribution in [2.75, 3.05) is 6.54 Å². The van der Waals surface area contributed by atoms with Crippen LogP contribution in [0.4, 0.5) is 0 Å². The predicted molar refractivity (Wildman–Crippen MR) is 45.7 cm³/mol. The van der Waals surface area contributed by atoms with Crippen molar-refractivity contribution < 1.29 is 4.79 Å². The van der Waals surface area contributed by atoms with Crippen LogP contribution in [0.1, 0.15) is 26.2 Å². The van der Waals surface area contributed by atoms with Crippen molar-refractivity contribution >= 4 is 17.5 Å². The Morgan fingerprint density at radius 3 is 2.82 bits per heavy atom. The molecule has 1 aliphatic carbocycles. The van der Waals surface area contributed by atoms with E-state index in [1.54, 1.807) is 6.92 Å². The molecule has 1 rings (SSSR count). The van der Waals surface area contributed by atoms with Gasteiger partial charge >= 0.3 is 0 Å². The zero-order chi connectivity index (χ0) is 8.27. The Morgan fingerprint density at radius 2 is 2.36 bits per heavy atom. The number of halogens is 1. The Bertz CT molecular complexity index is 149. The van der Waals surface area contributed by atoms with Gasteiger partial charge in [-0.25, -0.2) is 0 Å². The van der Waals surface area contributed by atoms with Crippen LogP contribution in [0.2, 0.25) is 0 Å². The van der Waals surface area contributed by atoms with E-state index in [2.05, 4.69) is 5.32 Å². The molecule has 1 amide bonds. The summed E-state index contributed by atoms with van der Waals surface area (Å²) in [5.74, 6) is 0.671. The maximum Gasteiger partial charge on any atom is 0.216 e. The quantitative estimate of drug-likeness (QED) is 0.634. The van der Waals surface area contributed by atoms with Crippen LogP contribution in [-0.4, -0.2) is 17.8 Å². The van der Waals surface area contributed by atoms with Crippen molar-refractivity contribution in [2.45, 2.75) is 31.6 Å². The lowest BCUT2D eigenvalue weighted by Gasteiger charge is -2.08. The number of hydrogen-bond donors (Lipinski definition) is 1. The fourth-order valence-corrected chi connectivity index (χ4v) is 1.87. The molecule has 1 N–H and O–H groups in total. The molecule has 0 aromatic carbocycles. The zero-order valence-electron chi connectivity index (χ0n) is 6.77. The summed E-state index contributed by atoms with van der Waals surface area (Å²) in [6, 6.07) is 0. The van der Waals surface area contributed by atoms with E-state index in [-0.39, 0.29) is 5.91 Å². The van der Waals surface area contributed by atoms with Gasteiger partial charge < -0.3 is 5.32 Å². The Morgan fingerprint density at radius 1 is 1.64 bits per heavy atom. The molecule has 1 fully saturated rings. The van der Waals surface area contributed by atoms with Gasteiger partial charge in [-0.15, -0.1) is 11.6 Å². The molecule has 2 atom stereocenters. The van der Waals surface area contributed by atoms with Crippen molar-refractivity contribution in [3.63, 3.8) is 0 Å². The highest BCUT2D eigenvalue weighted by atomic mass is 35.5. The van der Waals surface area contributed by atoms with Gasteiger partial charge in [0.25, 0.3) is 0 Å². The van der Waals surface area contributed by atoms with Crippen LogP contribution in [0.15, 0.2) is 0 Å².